The molecule has 0 spiro atoms. The molecule has 3 aliphatic rings. The second-order valence-corrected chi connectivity index (χ2v) is 20.8. The molecule has 0 saturated carbocycles. The van der Waals surface area contributed by atoms with Crippen molar-refractivity contribution >= 4 is 41.3 Å². The molecule has 0 aliphatic heterocycles. The van der Waals surface area contributed by atoms with Crippen molar-refractivity contribution in [2.75, 3.05) is 4.90 Å². The van der Waals surface area contributed by atoms with E-state index in [0.717, 1.165) is 58.9 Å². The van der Waals surface area contributed by atoms with E-state index in [-0.39, 0.29) is 0 Å². The minimum absolute atomic E-state index is 0.688. The summed E-state index contributed by atoms with van der Waals surface area (Å²) in [5.41, 5.74) is 29.3. The molecular formula is C73H82N4. The Morgan fingerprint density at radius 1 is 0.688 bits per heavy atom. The van der Waals surface area contributed by atoms with Crippen LogP contribution in [0.1, 0.15) is 145 Å². The fraction of sp³-hybridized carbons (Fsp3) is 0.288. The number of anilines is 2. The first-order valence-corrected chi connectivity index (χ1v) is 28.5. The summed E-state index contributed by atoms with van der Waals surface area (Å²) in [4.78, 5) is 12.1. The molecule has 3 aliphatic carbocycles. The van der Waals surface area contributed by atoms with Gasteiger partial charge in [0.25, 0.3) is 0 Å². The van der Waals surface area contributed by atoms with Crippen LogP contribution >= 0.6 is 0 Å². The second kappa shape index (κ2) is 26.5. The number of hydrogen-bond acceptors (Lipinski definition) is 3. The Balaban J connectivity index is 0.000000393. The van der Waals surface area contributed by atoms with E-state index in [1.807, 2.05) is 32.0 Å². The molecule has 77 heavy (non-hydrogen) atoms. The summed E-state index contributed by atoms with van der Waals surface area (Å²) in [6, 6.07) is 50.1. The van der Waals surface area contributed by atoms with Crippen LogP contribution in [0.25, 0.3) is 34.0 Å². The fourth-order valence-corrected chi connectivity index (χ4v) is 11.6. The third-order valence-corrected chi connectivity index (χ3v) is 15.6. The lowest BCUT2D eigenvalue weighted by Gasteiger charge is -2.26. The predicted octanol–water partition coefficient (Wildman–Crippen LogP) is 20.8. The highest BCUT2D eigenvalue weighted by atomic mass is 15.1. The number of aromatic nitrogens is 1. The molecule has 1 heterocycles. The molecule has 6 aromatic carbocycles. The van der Waals surface area contributed by atoms with Crippen LogP contribution in [0.5, 0.6) is 0 Å². The highest BCUT2D eigenvalue weighted by molar-refractivity contribution is 6.02. The van der Waals surface area contributed by atoms with Gasteiger partial charge in [-0.25, -0.2) is 0 Å². The number of hydrogen-bond donors (Lipinski definition) is 0. The second-order valence-electron chi connectivity index (χ2n) is 20.8. The molecule has 0 unspecified atom stereocenters. The van der Waals surface area contributed by atoms with Crippen LogP contribution in [0.2, 0.25) is 0 Å². The molecule has 10 rings (SSSR count). The Morgan fingerprint density at radius 2 is 1.35 bits per heavy atom. The van der Waals surface area contributed by atoms with Crippen molar-refractivity contribution < 1.29 is 0 Å². The molecule has 394 valence electrons. The number of aryl methyl sites for hydroxylation is 1. The van der Waals surface area contributed by atoms with Gasteiger partial charge in [0.1, 0.15) is 0 Å². The topological polar surface area (TPSA) is 32.9 Å². The normalized spacial score (nSPS) is 14.4. The quantitative estimate of drug-likeness (QED) is 0.1000. The van der Waals surface area contributed by atoms with Crippen LogP contribution in [0.3, 0.4) is 0 Å². The predicted molar refractivity (Wildman–Crippen MR) is 336 cm³/mol. The van der Waals surface area contributed by atoms with Gasteiger partial charge in [-0.3, -0.25) is 9.98 Å². The Labute approximate surface area is 462 Å². The van der Waals surface area contributed by atoms with Crippen LogP contribution in [-0.4, -0.2) is 17.0 Å². The van der Waals surface area contributed by atoms with Crippen molar-refractivity contribution in [3.63, 3.8) is 0 Å². The molecule has 0 atom stereocenters. The van der Waals surface area contributed by atoms with E-state index in [4.69, 9.17) is 4.99 Å². The summed E-state index contributed by atoms with van der Waals surface area (Å²) in [6.45, 7) is 26.2. The van der Waals surface area contributed by atoms with Crippen LogP contribution < -0.4 is 4.90 Å². The van der Waals surface area contributed by atoms with Gasteiger partial charge in [-0.2, -0.15) is 0 Å². The van der Waals surface area contributed by atoms with E-state index in [1.165, 1.54) is 112 Å². The summed E-state index contributed by atoms with van der Waals surface area (Å²) in [7, 11) is 0. The molecular weight excluding hydrogens is 933 g/mol. The van der Waals surface area contributed by atoms with E-state index in [2.05, 4.69) is 228 Å². The van der Waals surface area contributed by atoms with Crippen LogP contribution in [0.15, 0.2) is 202 Å². The fourth-order valence-electron chi connectivity index (χ4n) is 11.6. The van der Waals surface area contributed by atoms with Gasteiger partial charge in [0, 0.05) is 40.6 Å². The van der Waals surface area contributed by atoms with E-state index >= 15 is 0 Å². The highest BCUT2D eigenvalue weighted by Gasteiger charge is 2.24. The van der Waals surface area contributed by atoms with Gasteiger partial charge >= 0.3 is 0 Å². The minimum Gasteiger partial charge on any atom is -0.335 e. The lowest BCUT2D eigenvalue weighted by molar-refractivity contribution is 0.659. The maximum atomic E-state index is 5.46. The van der Waals surface area contributed by atoms with Gasteiger partial charge in [-0.1, -0.05) is 166 Å². The van der Waals surface area contributed by atoms with E-state index in [1.54, 1.807) is 22.3 Å². The van der Waals surface area contributed by atoms with Crippen molar-refractivity contribution in [2.24, 2.45) is 9.98 Å². The molecule has 0 amide bonds. The Kier molecular flexibility index (Phi) is 19.1. The molecule has 0 fully saturated rings. The van der Waals surface area contributed by atoms with Gasteiger partial charge in [0.2, 0.25) is 0 Å². The van der Waals surface area contributed by atoms with Crippen molar-refractivity contribution in [1.82, 2.24) is 4.57 Å². The van der Waals surface area contributed by atoms with Crippen LogP contribution in [0, 0.1) is 13.8 Å². The largest absolute Gasteiger partial charge is 0.335 e. The highest BCUT2D eigenvalue weighted by Crippen LogP contribution is 2.42. The molecule has 0 saturated heterocycles. The molecule has 4 heteroatoms. The minimum atomic E-state index is 0.688. The van der Waals surface area contributed by atoms with Crippen molar-refractivity contribution in [3.05, 3.63) is 236 Å². The Morgan fingerprint density at radius 3 is 2.04 bits per heavy atom. The number of fused-ring (bicyclic) bond motifs is 1. The lowest BCUT2D eigenvalue weighted by Crippen LogP contribution is -2.16. The third-order valence-electron chi connectivity index (χ3n) is 15.6. The zero-order valence-electron chi connectivity index (χ0n) is 47.9. The molecule has 0 radical (unpaired) electrons. The average molecular weight is 1020 g/mol. The summed E-state index contributed by atoms with van der Waals surface area (Å²) >= 11 is 0. The average Bonchev–Trinajstić information content (AvgIpc) is 3.79. The summed E-state index contributed by atoms with van der Waals surface area (Å²) < 4.78 is 2.55. The number of allylic oxidation sites excluding steroid dienone is 9. The SMILES string of the molecule is C=Nc1ccccc1N(Cc1ccc(C(C)=Nc2c(-c3ccc(C)cc3)ccc(-c3ccc(-n4c(/C=C\C)c(CCC)c5c4CCCC5)cc3)c2C)cc1)c1ccccc1.CC.CC1=CC(C)=C(C2=C(C)C=CCC2)CC1. The number of benzene rings is 6. The first-order chi connectivity index (χ1) is 37.6. The zero-order chi connectivity index (χ0) is 54.4. The number of aliphatic imine (C=N–C) groups is 2. The molecule has 0 N–H and O–H groups in total. The first kappa shape index (κ1) is 55.7. The number of rotatable bonds is 14. The first-order valence-electron chi connectivity index (χ1n) is 28.5. The molecule has 4 nitrogen and oxygen atoms in total. The lowest BCUT2D eigenvalue weighted by atomic mass is 9.83. The van der Waals surface area contributed by atoms with Gasteiger partial charge < -0.3 is 9.47 Å². The number of nitrogens with zero attached hydrogens (tertiary/aromatic N) is 4. The third kappa shape index (κ3) is 12.8. The molecule has 7 aromatic rings. The zero-order valence-corrected chi connectivity index (χ0v) is 47.9. The monoisotopic (exact) mass is 1010 g/mol. The number of para-hydroxylation sites is 3. The Hall–Kier alpha value is -7.56. The molecule has 0 bridgehead atoms. The summed E-state index contributed by atoms with van der Waals surface area (Å²) in [6.07, 6.45) is 23.6. The van der Waals surface area contributed by atoms with Crippen molar-refractivity contribution in [3.8, 4) is 27.9 Å². The maximum absolute atomic E-state index is 5.46. The van der Waals surface area contributed by atoms with Crippen LogP contribution in [0.4, 0.5) is 22.7 Å². The van der Waals surface area contributed by atoms with Crippen molar-refractivity contribution in [2.45, 2.75) is 140 Å². The maximum Gasteiger partial charge on any atom is 0.0859 e. The Bertz CT molecular complexity index is 3350. The van der Waals surface area contributed by atoms with Gasteiger partial charge in [-0.15, -0.1) is 0 Å². The van der Waals surface area contributed by atoms with Gasteiger partial charge in [0.05, 0.1) is 17.1 Å². The van der Waals surface area contributed by atoms with E-state index in [0.29, 0.717) is 6.54 Å². The smallest absolute Gasteiger partial charge is 0.0859 e. The van der Waals surface area contributed by atoms with Crippen LogP contribution in [-0.2, 0) is 25.8 Å². The van der Waals surface area contributed by atoms with Gasteiger partial charge in [-0.05, 0) is 222 Å². The van der Waals surface area contributed by atoms with E-state index in [9.17, 15) is 0 Å². The standard InChI is InChI=1S/C56H56N4.C15H20.C2H6/c1-7-16-50-51-20-12-14-22-54(51)60(53(50)17-8-2)47-34-32-44(33-35-47)48-36-37-49(45-28-24-39(3)25-29-45)56(40(48)4)58-41(5)43-30-26-42(27-31-43)38-59(46-18-10-9-11-19-46)55-23-15-13-21-52(55)57-6;1-11-8-9-15(13(3)10-11)14-7-5-4-6-12(14)2;1-2/h8-11,13,15,17-19,21,23-37H,6-7,12,14,16,20,22,38H2,1-5H3;4,6,10H,5,7-9H2,1-3H3;1-2H3/b17-8-,58-41?;;. The summed E-state index contributed by atoms with van der Waals surface area (Å²) in [5, 5.41) is 0. The van der Waals surface area contributed by atoms with Crippen molar-refractivity contribution in [1.29, 1.82) is 0 Å². The molecule has 1 aromatic heterocycles. The summed E-state index contributed by atoms with van der Waals surface area (Å²) in [5.74, 6) is 0. The van der Waals surface area contributed by atoms with E-state index < -0.39 is 0 Å². The van der Waals surface area contributed by atoms with Gasteiger partial charge in [0.15, 0.2) is 0 Å².